The topological polar surface area (TPSA) is 51.0 Å². The Morgan fingerprint density at radius 2 is 2.25 bits per heavy atom. The standard InChI is InChI=1S/C14H17ClFN3O/c1-3-9(2)17-8-14-18-13(19-20-14)7-10-11(15)5-4-6-12(10)16/h4-6,9,17H,3,7-8H2,1-2H3. The minimum Gasteiger partial charge on any atom is -0.338 e. The van der Waals surface area contributed by atoms with Gasteiger partial charge in [0.25, 0.3) is 0 Å². The van der Waals surface area contributed by atoms with Gasteiger partial charge in [-0.05, 0) is 25.5 Å². The first-order valence-corrected chi connectivity index (χ1v) is 6.95. The highest BCUT2D eigenvalue weighted by Crippen LogP contribution is 2.21. The van der Waals surface area contributed by atoms with Crippen molar-refractivity contribution >= 4 is 11.6 Å². The lowest BCUT2D eigenvalue weighted by atomic mass is 10.1. The highest BCUT2D eigenvalue weighted by molar-refractivity contribution is 6.31. The molecule has 2 aromatic rings. The predicted molar refractivity (Wildman–Crippen MR) is 75.1 cm³/mol. The zero-order valence-corrected chi connectivity index (χ0v) is 12.2. The zero-order chi connectivity index (χ0) is 14.5. The fourth-order valence-corrected chi connectivity index (χ4v) is 1.93. The maximum atomic E-state index is 13.7. The molecule has 1 unspecified atom stereocenters. The number of halogens is 2. The molecule has 0 saturated carbocycles. The van der Waals surface area contributed by atoms with Crippen molar-refractivity contribution in [1.82, 2.24) is 15.5 Å². The molecule has 0 bridgehead atoms. The summed E-state index contributed by atoms with van der Waals surface area (Å²) in [4.78, 5) is 4.23. The Morgan fingerprint density at radius 1 is 1.45 bits per heavy atom. The van der Waals surface area contributed by atoms with E-state index in [4.69, 9.17) is 16.1 Å². The summed E-state index contributed by atoms with van der Waals surface area (Å²) in [5.74, 6) is 0.562. The van der Waals surface area contributed by atoms with E-state index in [-0.39, 0.29) is 12.2 Å². The number of hydrogen-bond donors (Lipinski definition) is 1. The fourth-order valence-electron chi connectivity index (χ4n) is 1.70. The van der Waals surface area contributed by atoms with Crippen LogP contribution in [-0.4, -0.2) is 16.2 Å². The van der Waals surface area contributed by atoms with Gasteiger partial charge in [-0.3, -0.25) is 0 Å². The second-order valence-electron chi connectivity index (χ2n) is 4.67. The molecule has 0 spiro atoms. The Morgan fingerprint density at radius 3 is 2.95 bits per heavy atom. The van der Waals surface area contributed by atoms with Gasteiger partial charge in [-0.25, -0.2) is 4.39 Å². The molecule has 0 aliphatic rings. The maximum absolute atomic E-state index is 13.7. The average molecular weight is 298 g/mol. The molecule has 0 saturated heterocycles. The summed E-state index contributed by atoms with van der Waals surface area (Å²) >= 11 is 5.97. The molecule has 4 nitrogen and oxygen atoms in total. The van der Waals surface area contributed by atoms with Gasteiger partial charge < -0.3 is 9.84 Å². The lowest BCUT2D eigenvalue weighted by Crippen LogP contribution is -2.24. The fraction of sp³-hybridized carbons (Fsp3) is 0.429. The molecule has 1 N–H and O–H groups in total. The van der Waals surface area contributed by atoms with E-state index in [9.17, 15) is 4.39 Å². The molecule has 0 fully saturated rings. The van der Waals surface area contributed by atoms with Crippen molar-refractivity contribution in [2.45, 2.75) is 39.3 Å². The van der Waals surface area contributed by atoms with Gasteiger partial charge in [0.2, 0.25) is 5.89 Å². The number of nitrogens with one attached hydrogen (secondary N) is 1. The third kappa shape index (κ3) is 3.77. The van der Waals surface area contributed by atoms with E-state index in [1.807, 2.05) is 0 Å². The van der Waals surface area contributed by atoms with Gasteiger partial charge in [0.05, 0.1) is 6.54 Å². The van der Waals surface area contributed by atoms with E-state index < -0.39 is 0 Å². The highest BCUT2D eigenvalue weighted by Gasteiger charge is 2.13. The van der Waals surface area contributed by atoms with Crippen molar-refractivity contribution in [1.29, 1.82) is 0 Å². The van der Waals surface area contributed by atoms with Crippen LogP contribution in [0.15, 0.2) is 22.7 Å². The van der Waals surface area contributed by atoms with Crippen molar-refractivity contribution in [3.63, 3.8) is 0 Å². The van der Waals surface area contributed by atoms with Crippen LogP contribution in [0.4, 0.5) is 4.39 Å². The molecular formula is C14H17ClFN3O. The van der Waals surface area contributed by atoms with Crippen molar-refractivity contribution in [2.75, 3.05) is 0 Å². The molecule has 1 heterocycles. The molecular weight excluding hydrogens is 281 g/mol. The second kappa shape index (κ2) is 6.81. The zero-order valence-electron chi connectivity index (χ0n) is 11.5. The van der Waals surface area contributed by atoms with Gasteiger partial charge in [-0.1, -0.05) is 29.7 Å². The Balaban J connectivity index is 2.02. The highest BCUT2D eigenvalue weighted by atomic mass is 35.5. The van der Waals surface area contributed by atoms with Crippen molar-refractivity contribution in [3.05, 3.63) is 46.3 Å². The van der Waals surface area contributed by atoms with Gasteiger partial charge >= 0.3 is 0 Å². The molecule has 1 aromatic heterocycles. The van der Waals surface area contributed by atoms with Crippen LogP contribution in [-0.2, 0) is 13.0 Å². The largest absolute Gasteiger partial charge is 0.338 e. The number of benzene rings is 1. The third-order valence-corrected chi connectivity index (χ3v) is 3.47. The van der Waals surface area contributed by atoms with Gasteiger partial charge in [-0.2, -0.15) is 4.98 Å². The van der Waals surface area contributed by atoms with Crippen molar-refractivity contribution < 1.29 is 8.91 Å². The van der Waals surface area contributed by atoms with E-state index in [1.54, 1.807) is 12.1 Å². The second-order valence-corrected chi connectivity index (χ2v) is 5.08. The first-order chi connectivity index (χ1) is 9.60. The van der Waals surface area contributed by atoms with Crippen LogP contribution >= 0.6 is 11.6 Å². The molecule has 1 aromatic carbocycles. The van der Waals surface area contributed by atoms with Gasteiger partial charge in [0.15, 0.2) is 5.82 Å². The number of rotatable bonds is 6. The van der Waals surface area contributed by atoms with E-state index in [0.29, 0.717) is 34.9 Å². The van der Waals surface area contributed by atoms with E-state index in [2.05, 4.69) is 29.3 Å². The summed E-state index contributed by atoms with van der Waals surface area (Å²) in [5, 5.41) is 7.47. The molecule has 0 amide bonds. The Bertz CT molecular complexity index is 553. The number of hydrogen-bond acceptors (Lipinski definition) is 4. The Labute approximate surface area is 122 Å². The lowest BCUT2D eigenvalue weighted by molar-refractivity contribution is 0.354. The average Bonchev–Trinajstić information content (AvgIpc) is 2.88. The predicted octanol–water partition coefficient (Wildman–Crippen LogP) is 3.34. The molecule has 1 atom stereocenters. The van der Waals surface area contributed by atoms with Gasteiger partial charge in [0, 0.05) is 23.0 Å². The number of nitrogens with zero attached hydrogens (tertiary/aromatic N) is 2. The van der Waals surface area contributed by atoms with Gasteiger partial charge in [-0.15, -0.1) is 0 Å². The lowest BCUT2D eigenvalue weighted by Gasteiger charge is -2.07. The molecule has 0 aliphatic carbocycles. The number of aromatic nitrogens is 2. The molecule has 108 valence electrons. The van der Waals surface area contributed by atoms with Crippen LogP contribution in [0, 0.1) is 5.82 Å². The Kier molecular flexibility index (Phi) is 5.09. The minimum atomic E-state index is -0.360. The summed E-state index contributed by atoms with van der Waals surface area (Å²) in [5.41, 5.74) is 0.386. The summed E-state index contributed by atoms with van der Waals surface area (Å²) < 4.78 is 18.8. The summed E-state index contributed by atoms with van der Waals surface area (Å²) in [6.45, 7) is 4.68. The minimum absolute atomic E-state index is 0.221. The van der Waals surface area contributed by atoms with Crippen molar-refractivity contribution in [3.8, 4) is 0 Å². The first kappa shape index (κ1) is 14.9. The summed E-state index contributed by atoms with van der Waals surface area (Å²) in [7, 11) is 0. The van der Waals surface area contributed by atoms with Gasteiger partial charge in [0.1, 0.15) is 5.82 Å². The third-order valence-electron chi connectivity index (χ3n) is 3.12. The quantitative estimate of drug-likeness (QED) is 0.888. The van der Waals surface area contributed by atoms with Crippen LogP contribution in [0.2, 0.25) is 5.02 Å². The van der Waals surface area contributed by atoms with Crippen LogP contribution in [0.25, 0.3) is 0 Å². The van der Waals surface area contributed by atoms with E-state index in [0.717, 1.165) is 6.42 Å². The van der Waals surface area contributed by atoms with E-state index in [1.165, 1.54) is 6.07 Å². The molecule has 2 rings (SSSR count). The summed E-state index contributed by atoms with van der Waals surface area (Å²) in [6, 6.07) is 4.96. The monoisotopic (exact) mass is 297 g/mol. The van der Waals surface area contributed by atoms with Crippen molar-refractivity contribution in [2.24, 2.45) is 0 Å². The SMILES string of the molecule is CCC(C)NCc1nc(Cc2c(F)cccc2Cl)no1. The van der Waals surface area contributed by atoms with Crippen LogP contribution < -0.4 is 5.32 Å². The Hall–Kier alpha value is -1.46. The molecule has 0 aliphatic heterocycles. The maximum Gasteiger partial charge on any atom is 0.240 e. The van der Waals surface area contributed by atoms with Crippen LogP contribution in [0.3, 0.4) is 0 Å². The first-order valence-electron chi connectivity index (χ1n) is 6.58. The normalized spacial score (nSPS) is 12.6. The molecule has 6 heteroatoms. The molecule has 20 heavy (non-hydrogen) atoms. The van der Waals surface area contributed by atoms with Crippen LogP contribution in [0.5, 0.6) is 0 Å². The molecule has 0 radical (unpaired) electrons. The van der Waals surface area contributed by atoms with Crippen LogP contribution in [0.1, 0.15) is 37.5 Å². The summed E-state index contributed by atoms with van der Waals surface area (Å²) in [6.07, 6.45) is 1.24. The van der Waals surface area contributed by atoms with E-state index >= 15 is 0 Å². The smallest absolute Gasteiger partial charge is 0.240 e.